The fourth-order valence-corrected chi connectivity index (χ4v) is 3.05. The van der Waals surface area contributed by atoms with Crippen molar-refractivity contribution in [1.29, 1.82) is 5.26 Å². The van der Waals surface area contributed by atoms with E-state index < -0.39 is 5.82 Å². The van der Waals surface area contributed by atoms with Gasteiger partial charge in [0.05, 0.1) is 17.8 Å². The lowest BCUT2D eigenvalue weighted by Crippen LogP contribution is -2.44. The van der Waals surface area contributed by atoms with Gasteiger partial charge in [-0.15, -0.1) is 0 Å². The van der Waals surface area contributed by atoms with Gasteiger partial charge in [-0.3, -0.25) is 5.10 Å². The van der Waals surface area contributed by atoms with E-state index in [1.54, 1.807) is 12.3 Å². The first-order valence-electron chi connectivity index (χ1n) is 7.47. The number of benzene rings is 1. The largest absolute Gasteiger partial charge is 0.352 e. The van der Waals surface area contributed by atoms with Crippen molar-refractivity contribution in [2.24, 2.45) is 0 Å². The van der Waals surface area contributed by atoms with Crippen LogP contribution in [0.3, 0.4) is 0 Å². The summed E-state index contributed by atoms with van der Waals surface area (Å²) >= 11 is 0. The Hall–Kier alpha value is -2.72. The van der Waals surface area contributed by atoms with Gasteiger partial charge in [0, 0.05) is 37.0 Å². The van der Waals surface area contributed by atoms with Crippen LogP contribution in [0.25, 0.3) is 21.8 Å². The van der Waals surface area contributed by atoms with Crippen LogP contribution in [-0.2, 0) is 0 Å². The number of pyridine rings is 1. The molecule has 1 aliphatic rings. The first-order chi connectivity index (χ1) is 11.2. The summed E-state index contributed by atoms with van der Waals surface area (Å²) < 4.78 is 14.4. The van der Waals surface area contributed by atoms with Gasteiger partial charge in [-0.05, 0) is 19.2 Å². The van der Waals surface area contributed by atoms with Crippen molar-refractivity contribution >= 4 is 27.6 Å². The highest BCUT2D eigenvalue weighted by Gasteiger charge is 2.21. The van der Waals surface area contributed by atoms with Crippen molar-refractivity contribution < 1.29 is 4.39 Å². The zero-order valence-electron chi connectivity index (χ0n) is 12.7. The molecule has 4 rings (SSSR count). The molecule has 6 nitrogen and oxygen atoms in total. The number of nitriles is 1. The third-order valence-corrected chi connectivity index (χ3v) is 4.37. The Morgan fingerprint density at radius 3 is 2.74 bits per heavy atom. The fraction of sp³-hybridized carbons (Fsp3) is 0.312. The van der Waals surface area contributed by atoms with E-state index in [1.165, 1.54) is 6.07 Å². The monoisotopic (exact) mass is 310 g/mol. The molecule has 3 heterocycles. The third kappa shape index (κ3) is 2.19. The number of aromatic nitrogens is 3. The molecule has 2 aromatic heterocycles. The van der Waals surface area contributed by atoms with Gasteiger partial charge in [0.25, 0.3) is 0 Å². The molecule has 0 spiro atoms. The molecule has 0 aliphatic carbocycles. The highest BCUT2D eigenvalue weighted by molar-refractivity contribution is 6.08. The van der Waals surface area contributed by atoms with E-state index in [9.17, 15) is 4.39 Å². The van der Waals surface area contributed by atoms with Crippen molar-refractivity contribution in [3.05, 3.63) is 29.7 Å². The Morgan fingerprint density at radius 1 is 1.22 bits per heavy atom. The van der Waals surface area contributed by atoms with Gasteiger partial charge >= 0.3 is 0 Å². The van der Waals surface area contributed by atoms with E-state index >= 15 is 0 Å². The van der Waals surface area contributed by atoms with E-state index in [-0.39, 0.29) is 11.1 Å². The molecule has 0 bridgehead atoms. The summed E-state index contributed by atoms with van der Waals surface area (Å²) in [5.74, 6) is 0.249. The standard InChI is InChI=1S/C16H15FN6/c1-22-2-4-23(5-3-22)16-15-12(9-19-21-15)11-6-10(8-18)7-13(17)14(11)20-16/h6-7,9H,2-5H2,1H3,(H,19,21). The number of halogens is 1. The average Bonchev–Trinajstić information content (AvgIpc) is 3.05. The summed E-state index contributed by atoms with van der Waals surface area (Å²) in [4.78, 5) is 8.95. The van der Waals surface area contributed by atoms with Crippen molar-refractivity contribution in [2.75, 3.05) is 38.1 Å². The number of anilines is 1. The Labute approximate surface area is 132 Å². The molecule has 1 N–H and O–H groups in total. The molecule has 116 valence electrons. The van der Waals surface area contributed by atoms with Gasteiger partial charge in [0.2, 0.25) is 0 Å². The molecule has 1 aromatic carbocycles. The van der Waals surface area contributed by atoms with Crippen molar-refractivity contribution in [2.45, 2.75) is 0 Å². The van der Waals surface area contributed by atoms with Crippen LogP contribution >= 0.6 is 0 Å². The number of nitrogens with zero attached hydrogens (tertiary/aromatic N) is 5. The third-order valence-electron chi connectivity index (χ3n) is 4.37. The molecular formula is C16H15FN6. The number of likely N-dealkylation sites (N-methyl/N-ethyl adjacent to an activating group) is 1. The van der Waals surface area contributed by atoms with Crippen LogP contribution in [0.2, 0.25) is 0 Å². The number of H-pyrrole nitrogens is 1. The first-order valence-corrected chi connectivity index (χ1v) is 7.47. The van der Waals surface area contributed by atoms with Crippen molar-refractivity contribution in [3.8, 4) is 6.07 Å². The summed E-state index contributed by atoms with van der Waals surface area (Å²) in [6.45, 7) is 3.54. The van der Waals surface area contributed by atoms with Gasteiger partial charge in [0.15, 0.2) is 11.6 Å². The summed E-state index contributed by atoms with van der Waals surface area (Å²) in [7, 11) is 2.08. The van der Waals surface area contributed by atoms with E-state index in [2.05, 4.69) is 32.0 Å². The van der Waals surface area contributed by atoms with Crippen LogP contribution < -0.4 is 4.90 Å². The minimum atomic E-state index is -0.475. The predicted octanol–water partition coefficient (Wildman–Crippen LogP) is 1.87. The van der Waals surface area contributed by atoms with Crippen LogP contribution in [-0.4, -0.2) is 53.3 Å². The summed E-state index contributed by atoms with van der Waals surface area (Å²) in [5.41, 5.74) is 1.36. The molecule has 0 saturated carbocycles. The maximum absolute atomic E-state index is 14.4. The number of piperazine rings is 1. The smallest absolute Gasteiger partial charge is 0.155 e. The molecule has 0 radical (unpaired) electrons. The van der Waals surface area contributed by atoms with Crippen molar-refractivity contribution in [3.63, 3.8) is 0 Å². The van der Waals surface area contributed by atoms with Gasteiger partial charge in [-0.1, -0.05) is 0 Å². The quantitative estimate of drug-likeness (QED) is 0.743. The van der Waals surface area contributed by atoms with Gasteiger partial charge in [-0.2, -0.15) is 10.4 Å². The Bertz CT molecular complexity index is 933. The van der Waals surface area contributed by atoms with Crippen LogP contribution in [0.4, 0.5) is 10.2 Å². The molecule has 3 aromatic rings. The highest BCUT2D eigenvalue weighted by atomic mass is 19.1. The normalized spacial score (nSPS) is 16.1. The molecule has 7 heteroatoms. The lowest BCUT2D eigenvalue weighted by atomic mass is 10.1. The van der Waals surface area contributed by atoms with Crippen molar-refractivity contribution in [1.82, 2.24) is 20.1 Å². The molecule has 0 unspecified atom stereocenters. The summed E-state index contributed by atoms with van der Waals surface area (Å²) in [5, 5.41) is 17.5. The molecule has 23 heavy (non-hydrogen) atoms. The number of hydrogen-bond acceptors (Lipinski definition) is 5. The molecule has 1 aliphatic heterocycles. The van der Waals surface area contributed by atoms with Gasteiger partial charge in [0.1, 0.15) is 11.0 Å². The first kappa shape index (κ1) is 13.9. The van der Waals surface area contributed by atoms with E-state index in [0.717, 1.165) is 42.9 Å². The maximum Gasteiger partial charge on any atom is 0.155 e. The zero-order valence-corrected chi connectivity index (χ0v) is 12.7. The number of nitrogens with one attached hydrogen (secondary N) is 1. The second-order valence-corrected chi connectivity index (χ2v) is 5.85. The maximum atomic E-state index is 14.4. The predicted molar refractivity (Wildman–Crippen MR) is 85.8 cm³/mol. The van der Waals surface area contributed by atoms with E-state index in [4.69, 9.17) is 5.26 Å². The number of hydrogen-bond donors (Lipinski definition) is 1. The zero-order chi connectivity index (χ0) is 16.0. The van der Waals surface area contributed by atoms with Crippen LogP contribution in [0.1, 0.15) is 5.56 Å². The molecule has 0 atom stereocenters. The lowest BCUT2D eigenvalue weighted by Gasteiger charge is -2.33. The SMILES string of the molecule is CN1CCN(c2nc3c(F)cc(C#N)cc3c3cn[nH]c23)CC1. The molecular weight excluding hydrogens is 295 g/mol. The topological polar surface area (TPSA) is 71.8 Å². The van der Waals surface area contributed by atoms with Gasteiger partial charge in [-0.25, -0.2) is 9.37 Å². The van der Waals surface area contributed by atoms with E-state index in [0.29, 0.717) is 5.39 Å². The average molecular weight is 310 g/mol. The number of fused-ring (bicyclic) bond motifs is 3. The van der Waals surface area contributed by atoms with Crippen LogP contribution in [0.15, 0.2) is 18.3 Å². The summed E-state index contributed by atoms with van der Waals surface area (Å²) in [6.07, 6.45) is 1.67. The second-order valence-electron chi connectivity index (χ2n) is 5.85. The minimum Gasteiger partial charge on any atom is -0.352 e. The molecule has 1 fully saturated rings. The highest BCUT2D eigenvalue weighted by Crippen LogP contribution is 2.32. The Kier molecular flexibility index (Phi) is 3.13. The number of rotatable bonds is 1. The number of aromatic amines is 1. The van der Waals surface area contributed by atoms with Gasteiger partial charge < -0.3 is 9.80 Å². The fourth-order valence-electron chi connectivity index (χ4n) is 3.05. The molecule has 1 saturated heterocycles. The Morgan fingerprint density at radius 2 is 2.00 bits per heavy atom. The summed E-state index contributed by atoms with van der Waals surface area (Å²) in [6, 6.07) is 4.88. The van der Waals surface area contributed by atoms with Crippen LogP contribution in [0, 0.1) is 17.1 Å². The Balaban J connectivity index is 1.96. The van der Waals surface area contributed by atoms with E-state index in [1.807, 2.05) is 6.07 Å². The minimum absolute atomic E-state index is 0.284. The lowest BCUT2D eigenvalue weighted by molar-refractivity contribution is 0.312. The second kappa shape index (κ2) is 5.18. The van der Waals surface area contributed by atoms with Crippen LogP contribution in [0.5, 0.6) is 0 Å². The molecule has 0 amide bonds.